The van der Waals surface area contributed by atoms with Gasteiger partial charge in [0.05, 0.1) is 14.2 Å². The zero-order chi connectivity index (χ0) is 15.5. The lowest BCUT2D eigenvalue weighted by Gasteiger charge is -2.08. The van der Waals surface area contributed by atoms with E-state index in [1.165, 1.54) is 5.56 Å². The van der Waals surface area contributed by atoms with E-state index in [-0.39, 0.29) is 5.78 Å². The van der Waals surface area contributed by atoms with E-state index in [0.29, 0.717) is 6.42 Å². The van der Waals surface area contributed by atoms with Gasteiger partial charge in [-0.25, -0.2) is 0 Å². The minimum absolute atomic E-state index is 0.232. The van der Waals surface area contributed by atoms with Gasteiger partial charge in [0.2, 0.25) is 0 Å². The predicted molar refractivity (Wildman–Crippen MR) is 86.2 cm³/mol. The van der Waals surface area contributed by atoms with Crippen LogP contribution in [0.25, 0.3) is 0 Å². The molecule has 0 aliphatic heterocycles. The third-order valence-electron chi connectivity index (χ3n) is 3.38. The highest BCUT2D eigenvalue weighted by Crippen LogP contribution is 2.27. The van der Waals surface area contributed by atoms with Crippen molar-refractivity contribution in [2.24, 2.45) is 0 Å². The number of methoxy groups -OCH3 is 2. The molecule has 21 heavy (non-hydrogen) atoms. The first-order chi connectivity index (χ1) is 10.2. The molecule has 1 aromatic carbocycles. The van der Waals surface area contributed by atoms with Crippen LogP contribution in [0.15, 0.2) is 30.4 Å². The average molecular weight is 290 g/mol. The number of carbonyl (C=O) groups is 1. The van der Waals surface area contributed by atoms with Gasteiger partial charge in [0.25, 0.3) is 0 Å². The molecule has 0 unspecified atom stereocenters. The Labute approximate surface area is 128 Å². The van der Waals surface area contributed by atoms with E-state index in [1.54, 1.807) is 20.3 Å². The van der Waals surface area contributed by atoms with Crippen LogP contribution in [-0.2, 0) is 11.2 Å². The van der Waals surface area contributed by atoms with Crippen molar-refractivity contribution in [1.29, 1.82) is 0 Å². The first-order valence-corrected chi connectivity index (χ1v) is 7.61. The molecule has 0 heterocycles. The maximum Gasteiger partial charge on any atom is 0.160 e. The van der Waals surface area contributed by atoms with E-state index in [4.69, 9.17) is 9.47 Å². The zero-order valence-electron chi connectivity index (χ0n) is 13.4. The Morgan fingerprint density at radius 2 is 1.90 bits per heavy atom. The second kappa shape index (κ2) is 10.0. The summed E-state index contributed by atoms with van der Waals surface area (Å²) in [5.41, 5.74) is 1.18. The number of ketones is 1. The summed E-state index contributed by atoms with van der Waals surface area (Å²) in [5, 5.41) is 0. The molecule has 0 saturated heterocycles. The van der Waals surface area contributed by atoms with Gasteiger partial charge in [0.1, 0.15) is 0 Å². The van der Waals surface area contributed by atoms with E-state index in [2.05, 4.69) is 6.92 Å². The van der Waals surface area contributed by atoms with E-state index in [0.717, 1.165) is 43.6 Å². The van der Waals surface area contributed by atoms with E-state index in [1.807, 2.05) is 24.3 Å². The predicted octanol–water partition coefficient (Wildman–Crippen LogP) is 4.34. The zero-order valence-corrected chi connectivity index (χ0v) is 13.4. The fourth-order valence-corrected chi connectivity index (χ4v) is 2.13. The molecule has 0 spiro atoms. The van der Waals surface area contributed by atoms with Gasteiger partial charge in [-0.15, -0.1) is 0 Å². The summed E-state index contributed by atoms with van der Waals surface area (Å²) < 4.78 is 10.5. The highest BCUT2D eigenvalue weighted by atomic mass is 16.5. The van der Waals surface area contributed by atoms with Crippen LogP contribution in [0.4, 0.5) is 0 Å². The van der Waals surface area contributed by atoms with Gasteiger partial charge in [-0.1, -0.05) is 31.9 Å². The monoisotopic (exact) mass is 290 g/mol. The highest BCUT2D eigenvalue weighted by molar-refractivity contribution is 5.89. The standard InChI is InChI=1S/C18H26O3/c1-4-5-6-10-16(19)11-8-7-9-15-12-13-17(20-2)18(14-15)21-3/h8,11-14H,4-7,9-10H2,1-3H3. The van der Waals surface area contributed by atoms with Crippen molar-refractivity contribution in [2.45, 2.75) is 45.4 Å². The summed E-state index contributed by atoms with van der Waals surface area (Å²) in [6.45, 7) is 2.14. The minimum Gasteiger partial charge on any atom is -0.493 e. The molecule has 0 fully saturated rings. The van der Waals surface area contributed by atoms with Crippen LogP contribution in [0.3, 0.4) is 0 Å². The Bertz CT molecular complexity index is 464. The summed E-state index contributed by atoms with van der Waals surface area (Å²) in [6, 6.07) is 5.92. The summed E-state index contributed by atoms with van der Waals surface area (Å²) in [4.78, 5) is 11.6. The lowest BCUT2D eigenvalue weighted by atomic mass is 10.1. The van der Waals surface area contributed by atoms with Crippen molar-refractivity contribution in [3.63, 3.8) is 0 Å². The molecule has 1 rings (SSSR count). The van der Waals surface area contributed by atoms with Gasteiger partial charge in [-0.2, -0.15) is 0 Å². The molecule has 0 N–H and O–H groups in total. The third-order valence-corrected chi connectivity index (χ3v) is 3.38. The summed E-state index contributed by atoms with van der Waals surface area (Å²) >= 11 is 0. The minimum atomic E-state index is 0.232. The normalized spacial score (nSPS) is 10.8. The topological polar surface area (TPSA) is 35.5 Å². The molecule has 0 aromatic heterocycles. The fourth-order valence-electron chi connectivity index (χ4n) is 2.13. The third kappa shape index (κ3) is 6.48. The number of unbranched alkanes of at least 4 members (excludes halogenated alkanes) is 2. The maximum absolute atomic E-state index is 11.6. The van der Waals surface area contributed by atoms with Gasteiger partial charge < -0.3 is 9.47 Å². The molecular formula is C18H26O3. The molecule has 0 aliphatic carbocycles. The Morgan fingerprint density at radius 3 is 2.57 bits per heavy atom. The van der Waals surface area contributed by atoms with Crippen molar-refractivity contribution < 1.29 is 14.3 Å². The molecule has 0 saturated carbocycles. The molecule has 1 aromatic rings. The molecule has 0 radical (unpaired) electrons. The van der Waals surface area contributed by atoms with Gasteiger partial charge >= 0.3 is 0 Å². The Morgan fingerprint density at radius 1 is 1.14 bits per heavy atom. The number of carbonyl (C=O) groups excluding carboxylic acids is 1. The Kier molecular flexibility index (Phi) is 8.25. The summed E-state index contributed by atoms with van der Waals surface area (Å²) in [5.74, 6) is 1.72. The van der Waals surface area contributed by atoms with Gasteiger partial charge in [0.15, 0.2) is 17.3 Å². The molecule has 0 aliphatic rings. The van der Waals surface area contributed by atoms with Crippen LogP contribution in [0, 0.1) is 0 Å². The van der Waals surface area contributed by atoms with Crippen LogP contribution in [0.1, 0.15) is 44.6 Å². The molecule has 3 heteroatoms. The number of allylic oxidation sites excluding steroid dienone is 2. The second-order valence-corrected chi connectivity index (χ2v) is 5.05. The molecule has 0 bridgehead atoms. The number of benzene rings is 1. The number of hydrogen-bond acceptors (Lipinski definition) is 3. The first kappa shape index (κ1) is 17.3. The fraction of sp³-hybridized carbons (Fsp3) is 0.500. The number of rotatable bonds is 10. The quantitative estimate of drug-likeness (QED) is 0.475. The summed E-state index contributed by atoms with van der Waals surface area (Å²) in [7, 11) is 3.26. The van der Waals surface area contributed by atoms with Crippen LogP contribution < -0.4 is 9.47 Å². The van der Waals surface area contributed by atoms with Crippen molar-refractivity contribution in [3.05, 3.63) is 35.9 Å². The first-order valence-electron chi connectivity index (χ1n) is 7.61. The number of aryl methyl sites for hydroxylation is 1. The van der Waals surface area contributed by atoms with E-state index >= 15 is 0 Å². The molecule has 0 amide bonds. The van der Waals surface area contributed by atoms with Gasteiger partial charge in [0, 0.05) is 6.42 Å². The smallest absolute Gasteiger partial charge is 0.160 e. The van der Waals surface area contributed by atoms with Gasteiger partial charge in [-0.3, -0.25) is 4.79 Å². The maximum atomic E-state index is 11.6. The highest BCUT2D eigenvalue weighted by Gasteiger charge is 2.03. The number of hydrogen-bond donors (Lipinski definition) is 0. The molecule has 3 nitrogen and oxygen atoms in total. The number of ether oxygens (including phenoxy) is 2. The van der Waals surface area contributed by atoms with Gasteiger partial charge in [-0.05, 0) is 43.0 Å². The molecule has 116 valence electrons. The van der Waals surface area contributed by atoms with Crippen molar-refractivity contribution in [1.82, 2.24) is 0 Å². The molecule has 0 atom stereocenters. The molecular weight excluding hydrogens is 264 g/mol. The van der Waals surface area contributed by atoms with Crippen LogP contribution >= 0.6 is 0 Å². The van der Waals surface area contributed by atoms with E-state index < -0.39 is 0 Å². The largest absolute Gasteiger partial charge is 0.493 e. The Balaban J connectivity index is 2.40. The SMILES string of the molecule is CCCCCC(=O)C=CCCc1ccc(OC)c(OC)c1. The average Bonchev–Trinajstić information content (AvgIpc) is 2.51. The van der Waals surface area contributed by atoms with Crippen molar-refractivity contribution in [2.75, 3.05) is 14.2 Å². The van der Waals surface area contributed by atoms with Crippen molar-refractivity contribution >= 4 is 5.78 Å². The lowest BCUT2D eigenvalue weighted by Crippen LogP contribution is -1.93. The van der Waals surface area contributed by atoms with Crippen molar-refractivity contribution in [3.8, 4) is 11.5 Å². The second-order valence-electron chi connectivity index (χ2n) is 5.05. The van der Waals surface area contributed by atoms with Crippen LogP contribution in [0.5, 0.6) is 11.5 Å². The van der Waals surface area contributed by atoms with E-state index in [9.17, 15) is 4.79 Å². The summed E-state index contributed by atoms with van der Waals surface area (Å²) in [6.07, 6.45) is 9.37. The van der Waals surface area contributed by atoms with Crippen LogP contribution in [0.2, 0.25) is 0 Å². The lowest BCUT2D eigenvalue weighted by molar-refractivity contribution is -0.114. The Hall–Kier alpha value is -1.77. The van der Waals surface area contributed by atoms with Crippen LogP contribution in [-0.4, -0.2) is 20.0 Å².